The van der Waals surface area contributed by atoms with Gasteiger partial charge in [-0.2, -0.15) is 0 Å². The van der Waals surface area contributed by atoms with E-state index >= 15 is 0 Å². The summed E-state index contributed by atoms with van der Waals surface area (Å²) in [6.07, 6.45) is -0.548. The monoisotopic (exact) mass is 457 g/mol. The summed E-state index contributed by atoms with van der Waals surface area (Å²) in [5.41, 5.74) is 0.249. The Hall–Kier alpha value is -3.75. The van der Waals surface area contributed by atoms with Crippen LogP contribution >= 0.6 is 0 Å². The van der Waals surface area contributed by atoms with Crippen molar-refractivity contribution in [3.05, 3.63) is 48.5 Å². The molecule has 0 radical (unpaired) electrons. The normalized spacial score (nSPS) is 10.7. The van der Waals surface area contributed by atoms with Crippen LogP contribution in [0.4, 0.5) is 16.2 Å². The van der Waals surface area contributed by atoms with Gasteiger partial charge in [-0.05, 0) is 52.0 Å². The fraction of sp³-hybridized carbons (Fsp3) is 0.375. The van der Waals surface area contributed by atoms with Gasteiger partial charge in [-0.3, -0.25) is 9.59 Å². The summed E-state index contributed by atoms with van der Waals surface area (Å²) in [6.45, 7) is 7.50. The molecule has 33 heavy (non-hydrogen) atoms. The Labute approximate surface area is 193 Å². The third-order valence-electron chi connectivity index (χ3n) is 4.00. The first kappa shape index (κ1) is 25.5. The molecule has 0 saturated heterocycles. The van der Waals surface area contributed by atoms with Gasteiger partial charge in [0.1, 0.15) is 5.60 Å². The standard InChI is InChI=1S/C24H31N3O6/c1-5-31-19-12-8-9-13-20(19)32-16-22(29)27-18-11-7-6-10-17(18)26-21(28)14-15-25-23(30)33-24(2,3)4/h6-13H,5,14-16H2,1-4H3,(H,25,30)(H,26,28)(H,27,29). The zero-order valence-corrected chi connectivity index (χ0v) is 19.4. The van der Waals surface area contributed by atoms with Crippen molar-refractivity contribution in [2.45, 2.75) is 39.7 Å². The highest BCUT2D eigenvalue weighted by Gasteiger charge is 2.16. The molecule has 178 valence electrons. The summed E-state index contributed by atoms with van der Waals surface area (Å²) in [5.74, 6) is 0.304. The maximum absolute atomic E-state index is 12.4. The van der Waals surface area contributed by atoms with E-state index in [0.29, 0.717) is 29.5 Å². The summed E-state index contributed by atoms with van der Waals surface area (Å²) in [5, 5.41) is 7.99. The second-order valence-electron chi connectivity index (χ2n) is 7.99. The first-order valence-corrected chi connectivity index (χ1v) is 10.7. The molecule has 2 aromatic carbocycles. The third kappa shape index (κ3) is 9.51. The molecular formula is C24H31N3O6. The molecule has 0 unspecified atom stereocenters. The zero-order valence-electron chi connectivity index (χ0n) is 19.4. The molecule has 0 saturated carbocycles. The first-order valence-electron chi connectivity index (χ1n) is 10.7. The SMILES string of the molecule is CCOc1ccccc1OCC(=O)Nc1ccccc1NC(=O)CCNC(=O)OC(C)(C)C. The van der Waals surface area contributed by atoms with Crippen molar-refractivity contribution >= 4 is 29.3 Å². The van der Waals surface area contributed by atoms with E-state index in [2.05, 4.69) is 16.0 Å². The van der Waals surface area contributed by atoms with Crippen LogP contribution in [0.5, 0.6) is 11.5 Å². The Morgan fingerprint density at radius 3 is 1.94 bits per heavy atom. The van der Waals surface area contributed by atoms with Gasteiger partial charge in [0.15, 0.2) is 18.1 Å². The van der Waals surface area contributed by atoms with Gasteiger partial charge in [-0.15, -0.1) is 0 Å². The number of hydrogen-bond acceptors (Lipinski definition) is 6. The molecule has 0 bridgehead atoms. The summed E-state index contributed by atoms with van der Waals surface area (Å²) < 4.78 is 16.2. The number of amides is 3. The number of para-hydroxylation sites is 4. The van der Waals surface area contributed by atoms with E-state index < -0.39 is 17.6 Å². The number of ether oxygens (including phenoxy) is 3. The van der Waals surface area contributed by atoms with Crippen LogP contribution in [0.25, 0.3) is 0 Å². The number of nitrogens with one attached hydrogen (secondary N) is 3. The van der Waals surface area contributed by atoms with Gasteiger partial charge >= 0.3 is 6.09 Å². The highest BCUT2D eigenvalue weighted by molar-refractivity contribution is 6.00. The van der Waals surface area contributed by atoms with Gasteiger partial charge in [-0.25, -0.2) is 4.79 Å². The summed E-state index contributed by atoms with van der Waals surface area (Å²) in [6, 6.07) is 13.9. The largest absolute Gasteiger partial charge is 0.490 e. The number of hydrogen-bond donors (Lipinski definition) is 3. The molecule has 0 aliphatic heterocycles. The Kier molecular flexibility index (Phi) is 9.53. The molecule has 0 aromatic heterocycles. The summed E-state index contributed by atoms with van der Waals surface area (Å²) >= 11 is 0. The Morgan fingerprint density at radius 2 is 1.36 bits per heavy atom. The van der Waals surface area contributed by atoms with Gasteiger partial charge in [-0.1, -0.05) is 24.3 Å². The van der Waals surface area contributed by atoms with Crippen LogP contribution in [-0.2, 0) is 14.3 Å². The van der Waals surface area contributed by atoms with Gasteiger partial charge in [0.25, 0.3) is 5.91 Å². The average molecular weight is 458 g/mol. The van der Waals surface area contributed by atoms with E-state index in [1.807, 2.05) is 13.0 Å². The van der Waals surface area contributed by atoms with Crippen molar-refractivity contribution in [3.63, 3.8) is 0 Å². The summed E-state index contributed by atoms with van der Waals surface area (Å²) in [4.78, 5) is 36.3. The topological polar surface area (TPSA) is 115 Å². The van der Waals surface area contributed by atoms with Gasteiger partial charge in [0.2, 0.25) is 5.91 Å². The van der Waals surface area contributed by atoms with Crippen LogP contribution in [0, 0.1) is 0 Å². The lowest BCUT2D eigenvalue weighted by Gasteiger charge is -2.19. The smallest absolute Gasteiger partial charge is 0.407 e. The minimum Gasteiger partial charge on any atom is -0.490 e. The second kappa shape index (κ2) is 12.3. The highest BCUT2D eigenvalue weighted by Crippen LogP contribution is 2.26. The van der Waals surface area contributed by atoms with Gasteiger partial charge in [0, 0.05) is 13.0 Å². The van der Waals surface area contributed by atoms with E-state index in [1.165, 1.54) is 0 Å². The van der Waals surface area contributed by atoms with Crippen molar-refractivity contribution < 1.29 is 28.6 Å². The van der Waals surface area contributed by atoms with E-state index in [9.17, 15) is 14.4 Å². The fourth-order valence-corrected chi connectivity index (χ4v) is 2.68. The molecule has 9 heteroatoms. The van der Waals surface area contributed by atoms with Crippen molar-refractivity contribution in [1.29, 1.82) is 0 Å². The molecule has 0 atom stereocenters. The number of carbonyl (C=O) groups is 3. The molecule has 0 heterocycles. The predicted molar refractivity (Wildman–Crippen MR) is 126 cm³/mol. The van der Waals surface area contributed by atoms with Crippen LogP contribution in [-0.4, -0.2) is 43.3 Å². The lowest BCUT2D eigenvalue weighted by Crippen LogP contribution is -2.34. The molecule has 2 aromatic rings. The molecule has 2 rings (SSSR count). The number of benzene rings is 2. The quantitative estimate of drug-likeness (QED) is 0.498. The number of alkyl carbamates (subject to hydrolysis) is 1. The van der Waals surface area contributed by atoms with Crippen LogP contribution in [0.3, 0.4) is 0 Å². The molecule has 0 aliphatic rings. The van der Waals surface area contributed by atoms with E-state index in [0.717, 1.165) is 0 Å². The van der Waals surface area contributed by atoms with Crippen LogP contribution in [0.1, 0.15) is 34.1 Å². The van der Waals surface area contributed by atoms with E-state index in [4.69, 9.17) is 14.2 Å². The van der Waals surface area contributed by atoms with Crippen molar-refractivity contribution in [1.82, 2.24) is 5.32 Å². The maximum Gasteiger partial charge on any atom is 0.407 e. The predicted octanol–water partition coefficient (Wildman–Crippen LogP) is 3.96. The van der Waals surface area contributed by atoms with Crippen molar-refractivity contribution in [3.8, 4) is 11.5 Å². The van der Waals surface area contributed by atoms with Crippen molar-refractivity contribution in [2.24, 2.45) is 0 Å². The number of carbonyl (C=O) groups excluding carboxylic acids is 3. The number of rotatable bonds is 10. The lowest BCUT2D eigenvalue weighted by molar-refractivity contribution is -0.118. The molecule has 0 aliphatic carbocycles. The Bertz CT molecular complexity index is 955. The average Bonchev–Trinajstić information content (AvgIpc) is 2.73. The second-order valence-corrected chi connectivity index (χ2v) is 7.99. The van der Waals surface area contributed by atoms with E-state index in [-0.39, 0.29) is 25.5 Å². The van der Waals surface area contributed by atoms with Crippen molar-refractivity contribution in [2.75, 3.05) is 30.4 Å². The van der Waals surface area contributed by atoms with Crippen LogP contribution in [0.2, 0.25) is 0 Å². The minimum absolute atomic E-state index is 0.0405. The van der Waals surface area contributed by atoms with Gasteiger partial charge < -0.3 is 30.2 Å². The minimum atomic E-state index is -0.613. The van der Waals surface area contributed by atoms with Crippen LogP contribution in [0.15, 0.2) is 48.5 Å². The molecular weight excluding hydrogens is 426 g/mol. The Morgan fingerprint density at radius 1 is 0.818 bits per heavy atom. The first-order chi connectivity index (χ1) is 15.7. The Balaban J connectivity index is 1.86. The highest BCUT2D eigenvalue weighted by atomic mass is 16.6. The summed E-state index contributed by atoms with van der Waals surface area (Å²) in [7, 11) is 0. The molecule has 3 amide bonds. The molecule has 3 N–H and O–H groups in total. The fourth-order valence-electron chi connectivity index (χ4n) is 2.68. The number of anilines is 2. The lowest BCUT2D eigenvalue weighted by atomic mass is 10.2. The zero-order chi connectivity index (χ0) is 24.3. The van der Waals surface area contributed by atoms with Crippen LogP contribution < -0.4 is 25.4 Å². The third-order valence-corrected chi connectivity index (χ3v) is 4.00. The van der Waals surface area contributed by atoms with Gasteiger partial charge in [0.05, 0.1) is 18.0 Å². The molecule has 0 fully saturated rings. The molecule has 9 nitrogen and oxygen atoms in total. The van der Waals surface area contributed by atoms with E-state index in [1.54, 1.807) is 63.2 Å². The maximum atomic E-state index is 12.4. The molecule has 0 spiro atoms.